The molecule has 2 aliphatic rings. The van der Waals surface area contributed by atoms with Crippen molar-refractivity contribution < 1.29 is 0 Å². The molecule has 0 spiro atoms. The molecule has 0 N–H and O–H groups in total. The summed E-state index contributed by atoms with van der Waals surface area (Å²) >= 11 is 0. The molecule has 0 bridgehead atoms. The highest BCUT2D eigenvalue weighted by Gasteiger charge is 2.22. The predicted octanol–water partition coefficient (Wildman–Crippen LogP) is 3.26. The van der Waals surface area contributed by atoms with Gasteiger partial charge in [-0.05, 0) is 44.4 Å². The summed E-state index contributed by atoms with van der Waals surface area (Å²) in [5, 5.41) is 0. The SMILES string of the molecule is Cc1cnc(N2CCC(C)CC2)nc1N1CCC(C)CC1. The molecule has 3 heterocycles. The Kier molecular flexibility index (Phi) is 4.32. The number of anilines is 2. The second-order valence-corrected chi connectivity index (χ2v) is 7.02. The Morgan fingerprint density at radius 3 is 2.00 bits per heavy atom. The summed E-state index contributed by atoms with van der Waals surface area (Å²) in [5.74, 6) is 3.79. The van der Waals surface area contributed by atoms with Crippen molar-refractivity contribution in [1.82, 2.24) is 9.97 Å². The van der Waals surface area contributed by atoms with Gasteiger partial charge in [-0.15, -0.1) is 0 Å². The van der Waals surface area contributed by atoms with Gasteiger partial charge in [-0.2, -0.15) is 4.98 Å². The van der Waals surface area contributed by atoms with E-state index in [9.17, 15) is 0 Å². The zero-order chi connectivity index (χ0) is 14.8. The third kappa shape index (κ3) is 3.30. The van der Waals surface area contributed by atoms with Crippen LogP contribution in [0.5, 0.6) is 0 Å². The van der Waals surface area contributed by atoms with E-state index < -0.39 is 0 Å². The van der Waals surface area contributed by atoms with Gasteiger partial charge in [0.15, 0.2) is 0 Å². The molecule has 21 heavy (non-hydrogen) atoms. The van der Waals surface area contributed by atoms with Crippen LogP contribution < -0.4 is 9.80 Å². The topological polar surface area (TPSA) is 32.3 Å². The van der Waals surface area contributed by atoms with Gasteiger partial charge in [0.05, 0.1) is 0 Å². The highest BCUT2D eigenvalue weighted by Crippen LogP contribution is 2.27. The third-order valence-electron chi connectivity index (χ3n) is 5.08. The maximum atomic E-state index is 4.91. The monoisotopic (exact) mass is 288 g/mol. The number of piperidine rings is 2. The first-order chi connectivity index (χ1) is 10.1. The van der Waals surface area contributed by atoms with Crippen LogP contribution in [-0.4, -0.2) is 36.1 Å². The molecule has 0 atom stereocenters. The number of rotatable bonds is 2. The summed E-state index contributed by atoms with van der Waals surface area (Å²) in [6.45, 7) is 11.3. The standard InChI is InChI=1S/C17H28N4/c1-13-4-8-20(9-5-13)16-15(3)12-18-17(19-16)21-10-6-14(2)7-11-21/h12-14H,4-11H2,1-3H3. The van der Waals surface area contributed by atoms with Crippen LogP contribution >= 0.6 is 0 Å². The molecule has 3 rings (SSSR count). The fraction of sp³-hybridized carbons (Fsp3) is 0.765. The van der Waals surface area contributed by atoms with Crippen molar-refractivity contribution in [2.45, 2.75) is 46.5 Å². The summed E-state index contributed by atoms with van der Waals surface area (Å²) in [6.07, 6.45) is 7.08. The molecule has 1 aromatic rings. The van der Waals surface area contributed by atoms with Crippen LogP contribution in [0.3, 0.4) is 0 Å². The smallest absolute Gasteiger partial charge is 0.227 e. The Morgan fingerprint density at radius 1 is 0.905 bits per heavy atom. The van der Waals surface area contributed by atoms with E-state index in [1.165, 1.54) is 31.2 Å². The number of hydrogen-bond donors (Lipinski definition) is 0. The van der Waals surface area contributed by atoms with Crippen LogP contribution in [0.1, 0.15) is 45.1 Å². The normalized spacial score (nSPS) is 21.9. The molecule has 4 heteroatoms. The first-order valence-corrected chi connectivity index (χ1v) is 8.47. The van der Waals surface area contributed by atoms with Gasteiger partial charge in [-0.25, -0.2) is 4.98 Å². The molecule has 2 fully saturated rings. The Bertz CT molecular complexity index is 472. The summed E-state index contributed by atoms with van der Waals surface area (Å²) in [4.78, 5) is 14.3. The maximum Gasteiger partial charge on any atom is 0.227 e. The lowest BCUT2D eigenvalue weighted by Crippen LogP contribution is -2.36. The zero-order valence-corrected chi connectivity index (χ0v) is 13.7. The largest absolute Gasteiger partial charge is 0.356 e. The Hall–Kier alpha value is -1.32. The highest BCUT2D eigenvalue weighted by molar-refractivity contribution is 5.50. The third-order valence-corrected chi connectivity index (χ3v) is 5.08. The molecule has 1 aromatic heterocycles. The molecule has 0 aromatic carbocycles. The molecular formula is C17H28N4. The summed E-state index contributed by atoms with van der Waals surface area (Å²) in [6, 6.07) is 0. The lowest BCUT2D eigenvalue weighted by Gasteiger charge is -2.34. The molecule has 0 aliphatic carbocycles. The Balaban J connectivity index is 1.76. The molecule has 0 radical (unpaired) electrons. The number of aryl methyl sites for hydroxylation is 1. The van der Waals surface area contributed by atoms with Gasteiger partial charge < -0.3 is 9.80 Å². The van der Waals surface area contributed by atoms with E-state index in [0.29, 0.717) is 0 Å². The van der Waals surface area contributed by atoms with Crippen molar-refractivity contribution in [2.75, 3.05) is 36.0 Å². The van der Waals surface area contributed by atoms with Gasteiger partial charge in [0, 0.05) is 37.9 Å². The Morgan fingerprint density at radius 2 is 1.43 bits per heavy atom. The van der Waals surface area contributed by atoms with E-state index in [-0.39, 0.29) is 0 Å². The van der Waals surface area contributed by atoms with Crippen LogP contribution in [0, 0.1) is 18.8 Å². The van der Waals surface area contributed by atoms with E-state index >= 15 is 0 Å². The van der Waals surface area contributed by atoms with E-state index in [2.05, 4.69) is 35.6 Å². The number of nitrogens with zero attached hydrogens (tertiary/aromatic N) is 4. The molecule has 0 amide bonds. The van der Waals surface area contributed by atoms with Crippen LogP contribution in [0.2, 0.25) is 0 Å². The minimum atomic E-state index is 0.842. The van der Waals surface area contributed by atoms with Crippen molar-refractivity contribution in [3.63, 3.8) is 0 Å². The van der Waals surface area contributed by atoms with E-state index in [0.717, 1.165) is 49.8 Å². The van der Waals surface area contributed by atoms with Crippen molar-refractivity contribution in [3.8, 4) is 0 Å². The van der Waals surface area contributed by atoms with E-state index in [1.807, 2.05) is 6.20 Å². The predicted molar refractivity (Wildman–Crippen MR) is 88.0 cm³/mol. The zero-order valence-electron chi connectivity index (χ0n) is 13.7. The molecular weight excluding hydrogens is 260 g/mol. The maximum absolute atomic E-state index is 4.91. The lowest BCUT2D eigenvalue weighted by atomic mass is 9.99. The average molecular weight is 288 g/mol. The summed E-state index contributed by atoms with van der Waals surface area (Å²) in [5.41, 5.74) is 1.21. The molecule has 2 aliphatic heterocycles. The average Bonchev–Trinajstić information content (AvgIpc) is 2.50. The van der Waals surface area contributed by atoms with Crippen molar-refractivity contribution in [1.29, 1.82) is 0 Å². The second kappa shape index (κ2) is 6.20. The van der Waals surface area contributed by atoms with Crippen LogP contribution in [-0.2, 0) is 0 Å². The van der Waals surface area contributed by atoms with Gasteiger partial charge in [0.1, 0.15) is 5.82 Å². The van der Waals surface area contributed by atoms with Crippen molar-refractivity contribution in [3.05, 3.63) is 11.8 Å². The summed E-state index contributed by atoms with van der Waals surface area (Å²) < 4.78 is 0. The quantitative estimate of drug-likeness (QED) is 0.836. The fourth-order valence-electron chi connectivity index (χ4n) is 3.33. The van der Waals surface area contributed by atoms with Crippen LogP contribution in [0.25, 0.3) is 0 Å². The van der Waals surface area contributed by atoms with Crippen molar-refractivity contribution >= 4 is 11.8 Å². The molecule has 0 unspecified atom stereocenters. The second-order valence-electron chi connectivity index (χ2n) is 7.02. The van der Waals surface area contributed by atoms with Gasteiger partial charge in [0.25, 0.3) is 0 Å². The van der Waals surface area contributed by atoms with E-state index in [4.69, 9.17) is 4.98 Å². The van der Waals surface area contributed by atoms with E-state index in [1.54, 1.807) is 0 Å². The molecule has 4 nitrogen and oxygen atoms in total. The van der Waals surface area contributed by atoms with Gasteiger partial charge in [-0.3, -0.25) is 0 Å². The minimum Gasteiger partial charge on any atom is -0.356 e. The fourth-order valence-corrected chi connectivity index (χ4v) is 3.33. The first-order valence-electron chi connectivity index (χ1n) is 8.47. The molecule has 0 saturated carbocycles. The van der Waals surface area contributed by atoms with Crippen LogP contribution in [0.4, 0.5) is 11.8 Å². The lowest BCUT2D eigenvalue weighted by molar-refractivity contribution is 0.430. The molecule has 2 saturated heterocycles. The van der Waals surface area contributed by atoms with Crippen LogP contribution in [0.15, 0.2) is 6.20 Å². The highest BCUT2D eigenvalue weighted by atomic mass is 15.3. The molecule has 116 valence electrons. The Labute approximate surface area is 128 Å². The van der Waals surface area contributed by atoms with Crippen molar-refractivity contribution in [2.24, 2.45) is 11.8 Å². The van der Waals surface area contributed by atoms with Gasteiger partial charge in [-0.1, -0.05) is 13.8 Å². The van der Waals surface area contributed by atoms with Gasteiger partial charge in [0.2, 0.25) is 5.95 Å². The number of hydrogen-bond acceptors (Lipinski definition) is 4. The first kappa shape index (κ1) is 14.6. The minimum absolute atomic E-state index is 0.842. The van der Waals surface area contributed by atoms with Gasteiger partial charge >= 0.3 is 0 Å². The summed E-state index contributed by atoms with van der Waals surface area (Å²) in [7, 11) is 0. The number of aromatic nitrogens is 2.